The van der Waals surface area contributed by atoms with E-state index in [1.54, 1.807) is 19.2 Å². The third-order valence-corrected chi connectivity index (χ3v) is 5.37. The van der Waals surface area contributed by atoms with Crippen LogP contribution in [0.5, 0.6) is 5.75 Å². The zero-order valence-electron chi connectivity index (χ0n) is 15.2. The first-order valence-corrected chi connectivity index (χ1v) is 9.23. The van der Waals surface area contributed by atoms with E-state index < -0.39 is 6.09 Å². The molecule has 1 atom stereocenters. The summed E-state index contributed by atoms with van der Waals surface area (Å²) in [7, 11) is 1.59. The van der Waals surface area contributed by atoms with Gasteiger partial charge in [-0.2, -0.15) is 0 Å². The molecule has 142 valence electrons. The molecule has 1 aromatic carbocycles. The smallest absolute Gasteiger partial charge is 0.407 e. The number of piperidine rings is 2. The lowest BCUT2D eigenvalue weighted by atomic mass is 9.98. The third-order valence-electron chi connectivity index (χ3n) is 5.37. The molecule has 2 N–H and O–H groups in total. The number of rotatable bonds is 4. The minimum atomic E-state index is -0.828. The predicted molar refractivity (Wildman–Crippen MR) is 97.7 cm³/mol. The minimum Gasteiger partial charge on any atom is -0.497 e. The van der Waals surface area contributed by atoms with E-state index in [9.17, 15) is 9.59 Å². The van der Waals surface area contributed by atoms with Crippen LogP contribution in [0.1, 0.15) is 36.0 Å². The molecule has 2 heterocycles. The van der Waals surface area contributed by atoms with Crippen LogP contribution in [0.3, 0.4) is 0 Å². The van der Waals surface area contributed by atoms with Crippen LogP contribution in [0.25, 0.3) is 0 Å². The van der Waals surface area contributed by atoms with Crippen molar-refractivity contribution in [3.63, 3.8) is 0 Å². The topological polar surface area (TPSA) is 82.1 Å². The van der Waals surface area contributed by atoms with Gasteiger partial charge in [-0.25, -0.2) is 4.79 Å². The van der Waals surface area contributed by atoms with Gasteiger partial charge in [0.1, 0.15) is 5.75 Å². The van der Waals surface area contributed by atoms with E-state index in [2.05, 4.69) is 10.2 Å². The van der Waals surface area contributed by atoms with Crippen LogP contribution >= 0.6 is 0 Å². The van der Waals surface area contributed by atoms with Crippen molar-refractivity contribution in [3.05, 3.63) is 29.8 Å². The molecule has 0 bridgehead atoms. The highest BCUT2D eigenvalue weighted by Gasteiger charge is 2.30. The van der Waals surface area contributed by atoms with Gasteiger partial charge in [0.15, 0.2) is 0 Å². The van der Waals surface area contributed by atoms with Crippen molar-refractivity contribution in [2.24, 2.45) is 0 Å². The van der Waals surface area contributed by atoms with E-state index in [0.717, 1.165) is 38.8 Å². The number of likely N-dealkylation sites (tertiary alicyclic amines) is 2. The van der Waals surface area contributed by atoms with Gasteiger partial charge in [-0.1, -0.05) is 6.07 Å². The summed E-state index contributed by atoms with van der Waals surface area (Å²) in [5.41, 5.74) is 0.608. The van der Waals surface area contributed by atoms with E-state index in [1.807, 2.05) is 12.1 Å². The van der Waals surface area contributed by atoms with Gasteiger partial charge in [-0.05, 0) is 50.4 Å². The maximum Gasteiger partial charge on any atom is 0.407 e. The molecule has 26 heavy (non-hydrogen) atoms. The molecule has 0 aromatic heterocycles. The molecule has 2 aliphatic rings. The van der Waals surface area contributed by atoms with E-state index in [4.69, 9.17) is 9.84 Å². The molecule has 1 unspecified atom stereocenters. The fourth-order valence-corrected chi connectivity index (χ4v) is 3.91. The van der Waals surface area contributed by atoms with Crippen LogP contribution in [-0.2, 0) is 0 Å². The van der Waals surface area contributed by atoms with Crippen LogP contribution in [0.15, 0.2) is 24.3 Å². The zero-order valence-corrected chi connectivity index (χ0v) is 15.2. The SMILES string of the molecule is COc1cccc(C(=O)NC2CCCN(C3CCN(C(=O)O)CC3)C2)c1. The van der Waals surface area contributed by atoms with Gasteiger partial charge in [-0.3, -0.25) is 9.69 Å². The van der Waals surface area contributed by atoms with E-state index in [1.165, 1.54) is 4.90 Å². The van der Waals surface area contributed by atoms with Crippen LogP contribution in [0.2, 0.25) is 0 Å². The summed E-state index contributed by atoms with van der Waals surface area (Å²) < 4.78 is 5.18. The van der Waals surface area contributed by atoms with Crippen molar-refractivity contribution < 1.29 is 19.4 Å². The molecule has 2 fully saturated rings. The first kappa shape index (κ1) is 18.5. The van der Waals surface area contributed by atoms with Gasteiger partial charge in [0.25, 0.3) is 5.91 Å². The number of hydrogen-bond acceptors (Lipinski definition) is 4. The van der Waals surface area contributed by atoms with Crippen molar-refractivity contribution in [1.82, 2.24) is 15.1 Å². The van der Waals surface area contributed by atoms with Crippen LogP contribution in [0, 0.1) is 0 Å². The molecule has 2 saturated heterocycles. The first-order chi connectivity index (χ1) is 12.6. The zero-order chi connectivity index (χ0) is 18.5. The Labute approximate surface area is 153 Å². The number of ether oxygens (including phenoxy) is 1. The van der Waals surface area contributed by atoms with Crippen molar-refractivity contribution in [2.75, 3.05) is 33.3 Å². The summed E-state index contributed by atoms with van der Waals surface area (Å²) in [6.45, 7) is 3.03. The van der Waals surface area contributed by atoms with Gasteiger partial charge in [0.05, 0.1) is 7.11 Å². The number of hydrogen-bond donors (Lipinski definition) is 2. The average Bonchev–Trinajstić information content (AvgIpc) is 2.68. The van der Waals surface area contributed by atoms with Gasteiger partial charge < -0.3 is 20.1 Å². The maximum atomic E-state index is 12.5. The van der Waals surface area contributed by atoms with Crippen molar-refractivity contribution in [2.45, 2.75) is 37.8 Å². The Kier molecular flexibility index (Phi) is 5.98. The van der Waals surface area contributed by atoms with E-state index >= 15 is 0 Å². The molecule has 1 aromatic rings. The Morgan fingerprint density at radius 1 is 1.19 bits per heavy atom. The van der Waals surface area contributed by atoms with Crippen LogP contribution in [-0.4, -0.2) is 72.3 Å². The summed E-state index contributed by atoms with van der Waals surface area (Å²) in [4.78, 5) is 27.5. The number of carbonyl (C=O) groups is 2. The number of carbonyl (C=O) groups excluding carboxylic acids is 1. The lowest BCUT2D eigenvalue weighted by molar-refractivity contribution is 0.0697. The number of nitrogens with zero attached hydrogens (tertiary/aromatic N) is 2. The highest BCUT2D eigenvalue weighted by atomic mass is 16.5. The third kappa shape index (κ3) is 4.46. The molecular formula is C19H27N3O4. The first-order valence-electron chi connectivity index (χ1n) is 9.23. The number of benzene rings is 1. The standard InChI is InChI=1S/C19H27N3O4/c1-26-17-6-2-4-14(12-17)18(23)20-15-5-3-9-22(13-15)16-7-10-21(11-8-16)19(24)25/h2,4,6,12,15-16H,3,5,7-11,13H2,1H3,(H,20,23)(H,24,25). The van der Waals surface area contributed by atoms with Crippen LogP contribution in [0.4, 0.5) is 4.79 Å². The Bertz CT molecular complexity index is 643. The van der Waals surface area contributed by atoms with Crippen molar-refractivity contribution >= 4 is 12.0 Å². The lowest BCUT2D eigenvalue weighted by Gasteiger charge is -2.41. The molecule has 0 radical (unpaired) electrons. The molecule has 7 nitrogen and oxygen atoms in total. The maximum absolute atomic E-state index is 12.5. The highest BCUT2D eigenvalue weighted by Crippen LogP contribution is 2.21. The molecule has 0 spiro atoms. The van der Waals surface area contributed by atoms with Gasteiger partial charge in [0, 0.05) is 37.3 Å². The monoisotopic (exact) mass is 361 g/mol. The molecule has 2 amide bonds. The number of amides is 2. The number of carboxylic acid groups (broad SMARTS) is 1. The summed E-state index contributed by atoms with van der Waals surface area (Å²) >= 11 is 0. The molecule has 0 saturated carbocycles. The summed E-state index contributed by atoms with van der Waals surface area (Å²) in [6.07, 6.45) is 2.92. The van der Waals surface area contributed by atoms with Crippen molar-refractivity contribution in [3.8, 4) is 5.75 Å². The van der Waals surface area contributed by atoms with E-state index in [0.29, 0.717) is 30.4 Å². The second kappa shape index (κ2) is 8.40. The summed E-state index contributed by atoms with van der Waals surface area (Å²) in [5.74, 6) is 0.601. The second-order valence-electron chi connectivity index (χ2n) is 7.04. The Hall–Kier alpha value is -2.28. The van der Waals surface area contributed by atoms with Crippen LogP contribution < -0.4 is 10.1 Å². The Morgan fingerprint density at radius 3 is 2.65 bits per heavy atom. The second-order valence-corrected chi connectivity index (χ2v) is 7.04. The molecular weight excluding hydrogens is 334 g/mol. The van der Waals surface area contributed by atoms with Gasteiger partial charge in [0.2, 0.25) is 0 Å². The predicted octanol–water partition coefficient (Wildman–Crippen LogP) is 2.03. The largest absolute Gasteiger partial charge is 0.497 e. The van der Waals surface area contributed by atoms with Gasteiger partial charge in [-0.15, -0.1) is 0 Å². The quantitative estimate of drug-likeness (QED) is 0.858. The molecule has 7 heteroatoms. The molecule has 2 aliphatic heterocycles. The molecule has 3 rings (SSSR count). The number of nitrogens with one attached hydrogen (secondary N) is 1. The average molecular weight is 361 g/mol. The highest BCUT2D eigenvalue weighted by molar-refractivity contribution is 5.94. The summed E-state index contributed by atoms with van der Waals surface area (Å²) in [5, 5.41) is 12.2. The van der Waals surface area contributed by atoms with Gasteiger partial charge >= 0.3 is 6.09 Å². The van der Waals surface area contributed by atoms with E-state index in [-0.39, 0.29) is 11.9 Å². The Morgan fingerprint density at radius 2 is 1.96 bits per heavy atom. The lowest BCUT2D eigenvalue weighted by Crippen LogP contribution is -2.53. The molecule has 0 aliphatic carbocycles. The summed E-state index contributed by atoms with van der Waals surface area (Å²) in [6, 6.07) is 7.71. The normalized spacial score (nSPS) is 22.0. The minimum absolute atomic E-state index is 0.0727. The Balaban J connectivity index is 1.53. The fraction of sp³-hybridized carbons (Fsp3) is 0.579. The number of methoxy groups -OCH3 is 1. The van der Waals surface area contributed by atoms with Crippen molar-refractivity contribution in [1.29, 1.82) is 0 Å². The fourth-order valence-electron chi connectivity index (χ4n) is 3.91.